The van der Waals surface area contributed by atoms with Crippen LogP contribution < -0.4 is 10.6 Å². The number of benzene rings is 1. The monoisotopic (exact) mass is 314 g/mol. The van der Waals surface area contributed by atoms with Gasteiger partial charge in [-0.15, -0.1) is 12.4 Å². The first-order valence-corrected chi connectivity index (χ1v) is 7.18. The van der Waals surface area contributed by atoms with Crippen LogP contribution in [0.2, 0.25) is 0 Å². The Labute approximate surface area is 132 Å². The van der Waals surface area contributed by atoms with Gasteiger partial charge in [0, 0.05) is 12.6 Å². The summed E-state index contributed by atoms with van der Waals surface area (Å²) in [6.45, 7) is 7.56. The number of nitrogens with one attached hydrogen (secondary N) is 2. The van der Waals surface area contributed by atoms with Crippen molar-refractivity contribution in [2.24, 2.45) is 5.41 Å². The molecular formula is C16H24ClFN2O. The number of halogens is 2. The van der Waals surface area contributed by atoms with Crippen LogP contribution >= 0.6 is 12.4 Å². The molecule has 118 valence electrons. The third kappa shape index (κ3) is 4.17. The maximum Gasteiger partial charge on any atom is 0.254 e. The normalized spacial score (nSPS) is 20.5. The quantitative estimate of drug-likeness (QED) is 0.900. The summed E-state index contributed by atoms with van der Waals surface area (Å²) in [7, 11) is 0. The average Bonchev–Trinajstić information content (AvgIpc) is 2.40. The maximum atomic E-state index is 13.9. The SMILES string of the molecule is Cc1cccc(C(=O)NCC2NCCCC2(C)C)c1F.Cl. The lowest BCUT2D eigenvalue weighted by Gasteiger charge is -2.39. The molecule has 1 saturated heterocycles. The predicted octanol–water partition coefficient (Wildman–Crippen LogP) is 3.06. The maximum absolute atomic E-state index is 13.9. The van der Waals surface area contributed by atoms with Gasteiger partial charge in [0.05, 0.1) is 5.56 Å². The van der Waals surface area contributed by atoms with Crippen molar-refractivity contribution in [3.05, 3.63) is 35.1 Å². The summed E-state index contributed by atoms with van der Waals surface area (Å²) in [6.07, 6.45) is 2.29. The summed E-state index contributed by atoms with van der Waals surface area (Å²) in [5, 5.41) is 6.28. The van der Waals surface area contributed by atoms with E-state index in [1.807, 2.05) is 0 Å². The first-order valence-electron chi connectivity index (χ1n) is 7.18. The smallest absolute Gasteiger partial charge is 0.254 e. The number of rotatable bonds is 3. The zero-order valence-corrected chi connectivity index (χ0v) is 13.6. The van der Waals surface area contributed by atoms with E-state index in [2.05, 4.69) is 24.5 Å². The van der Waals surface area contributed by atoms with Gasteiger partial charge in [-0.3, -0.25) is 4.79 Å². The average molecular weight is 315 g/mol. The van der Waals surface area contributed by atoms with Gasteiger partial charge in [-0.1, -0.05) is 26.0 Å². The molecule has 5 heteroatoms. The molecule has 1 aromatic rings. The van der Waals surface area contributed by atoms with Gasteiger partial charge in [0.15, 0.2) is 0 Å². The van der Waals surface area contributed by atoms with Crippen LogP contribution in [0.4, 0.5) is 4.39 Å². The number of hydrogen-bond donors (Lipinski definition) is 2. The summed E-state index contributed by atoms with van der Waals surface area (Å²) in [6, 6.07) is 5.12. The number of carbonyl (C=O) groups is 1. The molecule has 0 aliphatic carbocycles. The molecule has 1 amide bonds. The third-order valence-corrected chi connectivity index (χ3v) is 4.24. The Balaban J connectivity index is 0.00000220. The minimum Gasteiger partial charge on any atom is -0.350 e. The Bertz CT molecular complexity index is 505. The van der Waals surface area contributed by atoms with E-state index in [1.54, 1.807) is 19.1 Å². The Hall–Kier alpha value is -1.13. The second-order valence-electron chi connectivity index (χ2n) is 6.25. The van der Waals surface area contributed by atoms with Gasteiger partial charge in [0.1, 0.15) is 5.82 Å². The van der Waals surface area contributed by atoms with E-state index >= 15 is 0 Å². The molecule has 1 atom stereocenters. The first kappa shape index (κ1) is 17.9. The molecule has 1 heterocycles. The molecule has 21 heavy (non-hydrogen) atoms. The highest BCUT2D eigenvalue weighted by Crippen LogP contribution is 2.29. The van der Waals surface area contributed by atoms with Crippen molar-refractivity contribution in [1.82, 2.24) is 10.6 Å². The molecule has 0 bridgehead atoms. The fourth-order valence-corrected chi connectivity index (χ4v) is 2.73. The molecule has 0 aromatic heterocycles. The second kappa shape index (κ2) is 7.23. The molecule has 1 aliphatic heterocycles. The summed E-state index contributed by atoms with van der Waals surface area (Å²) in [4.78, 5) is 12.1. The molecule has 1 unspecified atom stereocenters. The molecule has 0 saturated carbocycles. The first-order chi connectivity index (χ1) is 9.42. The number of piperidine rings is 1. The van der Waals surface area contributed by atoms with Crippen molar-refractivity contribution in [3.63, 3.8) is 0 Å². The van der Waals surface area contributed by atoms with Gasteiger partial charge in [-0.05, 0) is 43.4 Å². The zero-order chi connectivity index (χ0) is 14.8. The Kier molecular flexibility index (Phi) is 6.17. The lowest BCUT2D eigenvalue weighted by molar-refractivity contribution is 0.0924. The third-order valence-electron chi connectivity index (χ3n) is 4.24. The van der Waals surface area contributed by atoms with Crippen LogP contribution in [0.5, 0.6) is 0 Å². The topological polar surface area (TPSA) is 41.1 Å². The standard InChI is InChI=1S/C16H23FN2O.ClH/c1-11-6-4-7-12(14(11)17)15(20)19-10-13-16(2,3)8-5-9-18-13;/h4,6-7,13,18H,5,8-10H2,1-3H3,(H,19,20);1H. The molecule has 1 aliphatic rings. The van der Waals surface area contributed by atoms with Crippen LogP contribution in [-0.2, 0) is 0 Å². The van der Waals surface area contributed by atoms with Crippen molar-refractivity contribution in [3.8, 4) is 0 Å². The summed E-state index contributed by atoms with van der Waals surface area (Å²) in [5.41, 5.74) is 0.767. The van der Waals surface area contributed by atoms with Crippen molar-refractivity contribution >= 4 is 18.3 Å². The fraction of sp³-hybridized carbons (Fsp3) is 0.562. The van der Waals surface area contributed by atoms with E-state index in [0.717, 1.165) is 19.4 Å². The largest absolute Gasteiger partial charge is 0.350 e. The van der Waals surface area contributed by atoms with Gasteiger partial charge in [-0.2, -0.15) is 0 Å². The molecule has 1 fully saturated rings. The van der Waals surface area contributed by atoms with Gasteiger partial charge in [0.25, 0.3) is 5.91 Å². The van der Waals surface area contributed by atoms with Gasteiger partial charge < -0.3 is 10.6 Å². The Morgan fingerprint density at radius 2 is 2.19 bits per heavy atom. The number of carbonyl (C=O) groups excluding carboxylic acids is 1. The van der Waals surface area contributed by atoms with Crippen LogP contribution in [0.15, 0.2) is 18.2 Å². The van der Waals surface area contributed by atoms with Gasteiger partial charge in [-0.25, -0.2) is 4.39 Å². The van der Waals surface area contributed by atoms with E-state index in [0.29, 0.717) is 12.1 Å². The molecule has 2 N–H and O–H groups in total. The second-order valence-corrected chi connectivity index (χ2v) is 6.25. The summed E-state index contributed by atoms with van der Waals surface area (Å²) in [5.74, 6) is -0.768. The molecule has 1 aromatic carbocycles. The lowest BCUT2D eigenvalue weighted by Crippen LogP contribution is -2.52. The van der Waals surface area contributed by atoms with Crippen LogP contribution in [0.1, 0.15) is 42.6 Å². The highest BCUT2D eigenvalue weighted by atomic mass is 35.5. The molecular weight excluding hydrogens is 291 g/mol. The van der Waals surface area contributed by atoms with Crippen LogP contribution in [0.3, 0.4) is 0 Å². The summed E-state index contributed by atoms with van der Waals surface area (Å²) < 4.78 is 13.9. The molecule has 0 spiro atoms. The van der Waals surface area contributed by atoms with Crippen molar-refractivity contribution in [2.75, 3.05) is 13.1 Å². The molecule has 0 radical (unpaired) electrons. The van der Waals surface area contributed by atoms with E-state index in [-0.39, 0.29) is 35.3 Å². The van der Waals surface area contributed by atoms with E-state index in [1.165, 1.54) is 6.07 Å². The van der Waals surface area contributed by atoms with Gasteiger partial charge >= 0.3 is 0 Å². The van der Waals surface area contributed by atoms with Crippen molar-refractivity contribution < 1.29 is 9.18 Å². The minimum absolute atomic E-state index is 0. The number of amides is 1. The highest BCUT2D eigenvalue weighted by Gasteiger charge is 2.32. The highest BCUT2D eigenvalue weighted by molar-refractivity contribution is 5.94. The van der Waals surface area contributed by atoms with Gasteiger partial charge in [0.2, 0.25) is 0 Å². The summed E-state index contributed by atoms with van der Waals surface area (Å²) >= 11 is 0. The van der Waals surface area contributed by atoms with Crippen molar-refractivity contribution in [2.45, 2.75) is 39.7 Å². The molecule has 3 nitrogen and oxygen atoms in total. The predicted molar refractivity (Wildman–Crippen MR) is 85.5 cm³/mol. The van der Waals surface area contributed by atoms with E-state index < -0.39 is 5.82 Å². The van der Waals surface area contributed by atoms with E-state index in [9.17, 15) is 9.18 Å². The van der Waals surface area contributed by atoms with Crippen LogP contribution in [0.25, 0.3) is 0 Å². The van der Waals surface area contributed by atoms with E-state index in [4.69, 9.17) is 0 Å². The minimum atomic E-state index is -0.430. The molecule has 2 rings (SSSR count). The zero-order valence-electron chi connectivity index (χ0n) is 12.8. The number of hydrogen-bond acceptors (Lipinski definition) is 2. The fourth-order valence-electron chi connectivity index (χ4n) is 2.73. The van der Waals surface area contributed by atoms with Crippen LogP contribution in [0, 0.1) is 18.2 Å². The Morgan fingerprint density at radius 3 is 2.86 bits per heavy atom. The lowest BCUT2D eigenvalue weighted by atomic mass is 9.77. The van der Waals surface area contributed by atoms with Crippen molar-refractivity contribution in [1.29, 1.82) is 0 Å². The number of aryl methyl sites for hydroxylation is 1. The van der Waals surface area contributed by atoms with Crippen LogP contribution in [-0.4, -0.2) is 25.0 Å². The Morgan fingerprint density at radius 1 is 1.48 bits per heavy atom.